The van der Waals surface area contributed by atoms with Gasteiger partial charge in [-0.05, 0) is 30.5 Å². The van der Waals surface area contributed by atoms with Crippen molar-refractivity contribution in [1.82, 2.24) is 15.5 Å². The number of hydrogen-bond acceptors (Lipinski definition) is 3. The lowest BCUT2D eigenvalue weighted by Crippen LogP contribution is -2.57. The smallest absolute Gasteiger partial charge is 0.238 e. The summed E-state index contributed by atoms with van der Waals surface area (Å²) in [4.78, 5) is 25.6. The van der Waals surface area contributed by atoms with E-state index < -0.39 is 0 Å². The second-order valence-corrected chi connectivity index (χ2v) is 5.44. The first-order valence-electron chi connectivity index (χ1n) is 7.57. The lowest BCUT2D eigenvalue weighted by atomic mass is 10.1. The lowest BCUT2D eigenvalue weighted by molar-refractivity contribution is -0.134. The highest BCUT2D eigenvalue weighted by Crippen LogP contribution is 2.09. The van der Waals surface area contributed by atoms with Crippen LogP contribution < -0.4 is 10.6 Å². The molecule has 1 aromatic rings. The van der Waals surface area contributed by atoms with E-state index in [4.69, 9.17) is 0 Å². The van der Waals surface area contributed by atoms with Crippen LogP contribution in [0.15, 0.2) is 24.3 Å². The van der Waals surface area contributed by atoms with Gasteiger partial charge in [0.2, 0.25) is 11.8 Å². The largest absolute Gasteiger partial charge is 0.358 e. The average Bonchev–Trinajstić information content (AvgIpc) is 2.56. The standard InChI is InChI=1S/C16H22FN3O2/c1-18-16(22)14-11-20(10-9-19-14)15(21)4-2-3-12-5-7-13(17)8-6-12/h5-8,14,19H,2-4,9-11H2,1H3,(H,18,22)/t14-/m1/s1. The molecule has 0 bridgehead atoms. The fourth-order valence-electron chi connectivity index (χ4n) is 2.58. The van der Waals surface area contributed by atoms with Gasteiger partial charge < -0.3 is 15.5 Å². The van der Waals surface area contributed by atoms with Crippen LogP contribution in [0.3, 0.4) is 0 Å². The van der Waals surface area contributed by atoms with Crippen molar-refractivity contribution in [1.29, 1.82) is 0 Å². The molecule has 1 heterocycles. The second-order valence-electron chi connectivity index (χ2n) is 5.44. The number of carbonyl (C=O) groups is 2. The molecule has 5 nitrogen and oxygen atoms in total. The highest BCUT2D eigenvalue weighted by Gasteiger charge is 2.26. The van der Waals surface area contributed by atoms with Crippen LogP contribution in [0.2, 0.25) is 0 Å². The third kappa shape index (κ3) is 4.53. The topological polar surface area (TPSA) is 61.4 Å². The number of benzene rings is 1. The summed E-state index contributed by atoms with van der Waals surface area (Å²) in [5.74, 6) is -0.276. The van der Waals surface area contributed by atoms with Crippen LogP contribution in [0.5, 0.6) is 0 Å². The van der Waals surface area contributed by atoms with E-state index in [1.54, 1.807) is 24.1 Å². The van der Waals surface area contributed by atoms with Gasteiger partial charge in [0.25, 0.3) is 0 Å². The summed E-state index contributed by atoms with van der Waals surface area (Å²) in [6, 6.07) is 6.02. The van der Waals surface area contributed by atoms with Crippen molar-refractivity contribution in [3.8, 4) is 0 Å². The molecule has 1 fully saturated rings. The van der Waals surface area contributed by atoms with Crippen molar-refractivity contribution in [2.24, 2.45) is 0 Å². The number of aryl methyl sites for hydroxylation is 1. The second kappa shape index (κ2) is 7.89. The Morgan fingerprint density at radius 2 is 2.09 bits per heavy atom. The molecule has 0 saturated carbocycles. The number of likely N-dealkylation sites (N-methyl/N-ethyl adjacent to an activating group) is 1. The van der Waals surface area contributed by atoms with Gasteiger partial charge in [0.15, 0.2) is 0 Å². The van der Waals surface area contributed by atoms with Crippen molar-refractivity contribution < 1.29 is 14.0 Å². The molecule has 0 aromatic heterocycles. The van der Waals surface area contributed by atoms with Gasteiger partial charge in [-0.1, -0.05) is 12.1 Å². The molecule has 1 aliphatic heterocycles. The van der Waals surface area contributed by atoms with E-state index >= 15 is 0 Å². The van der Waals surface area contributed by atoms with Gasteiger partial charge in [-0.15, -0.1) is 0 Å². The maximum absolute atomic E-state index is 12.8. The lowest BCUT2D eigenvalue weighted by Gasteiger charge is -2.32. The SMILES string of the molecule is CNC(=O)[C@H]1CN(C(=O)CCCc2ccc(F)cc2)CCN1. The summed E-state index contributed by atoms with van der Waals surface area (Å²) in [7, 11) is 1.59. The predicted octanol–water partition coefficient (Wildman–Crippen LogP) is 0.695. The van der Waals surface area contributed by atoms with Crippen LogP contribution >= 0.6 is 0 Å². The van der Waals surface area contributed by atoms with E-state index in [0.717, 1.165) is 18.4 Å². The Kier molecular flexibility index (Phi) is 5.89. The fraction of sp³-hybridized carbons (Fsp3) is 0.500. The van der Waals surface area contributed by atoms with Gasteiger partial charge in [0.1, 0.15) is 11.9 Å². The fourth-order valence-corrected chi connectivity index (χ4v) is 2.58. The van der Waals surface area contributed by atoms with Crippen molar-refractivity contribution in [3.63, 3.8) is 0 Å². The molecular weight excluding hydrogens is 285 g/mol. The number of nitrogens with zero attached hydrogens (tertiary/aromatic N) is 1. The van der Waals surface area contributed by atoms with Crippen LogP contribution in [0.4, 0.5) is 4.39 Å². The first-order valence-corrected chi connectivity index (χ1v) is 7.57. The molecule has 0 radical (unpaired) electrons. The normalized spacial score (nSPS) is 18.1. The van der Waals surface area contributed by atoms with Gasteiger partial charge in [-0.2, -0.15) is 0 Å². The van der Waals surface area contributed by atoms with Crippen LogP contribution in [-0.4, -0.2) is 49.4 Å². The van der Waals surface area contributed by atoms with Crippen LogP contribution in [0.25, 0.3) is 0 Å². The minimum Gasteiger partial charge on any atom is -0.358 e. The third-order valence-corrected chi connectivity index (χ3v) is 3.86. The number of nitrogens with one attached hydrogen (secondary N) is 2. The summed E-state index contributed by atoms with van der Waals surface area (Å²) < 4.78 is 12.8. The molecule has 1 aromatic carbocycles. The molecule has 1 atom stereocenters. The Morgan fingerprint density at radius 1 is 1.36 bits per heavy atom. The zero-order chi connectivity index (χ0) is 15.9. The number of rotatable bonds is 5. The molecule has 0 spiro atoms. The number of amides is 2. The Labute approximate surface area is 129 Å². The zero-order valence-electron chi connectivity index (χ0n) is 12.8. The van der Waals surface area contributed by atoms with Crippen molar-refractivity contribution in [2.45, 2.75) is 25.3 Å². The highest BCUT2D eigenvalue weighted by molar-refractivity contribution is 5.83. The van der Waals surface area contributed by atoms with Crippen molar-refractivity contribution in [2.75, 3.05) is 26.7 Å². The molecule has 1 aliphatic rings. The van der Waals surface area contributed by atoms with E-state index in [9.17, 15) is 14.0 Å². The molecule has 2 amide bonds. The minimum atomic E-state index is -0.334. The predicted molar refractivity (Wildman–Crippen MR) is 81.8 cm³/mol. The summed E-state index contributed by atoms with van der Waals surface area (Å²) in [6.07, 6.45) is 1.91. The van der Waals surface area contributed by atoms with E-state index in [1.165, 1.54) is 12.1 Å². The monoisotopic (exact) mass is 307 g/mol. The van der Waals surface area contributed by atoms with Gasteiger partial charge >= 0.3 is 0 Å². The molecule has 1 saturated heterocycles. The molecule has 6 heteroatoms. The average molecular weight is 307 g/mol. The summed E-state index contributed by atoms with van der Waals surface area (Å²) in [5, 5.41) is 5.69. The Bertz CT molecular complexity index is 519. The molecule has 0 unspecified atom stereocenters. The summed E-state index contributed by atoms with van der Waals surface area (Å²) in [6.45, 7) is 1.67. The van der Waals surface area contributed by atoms with E-state index in [1.807, 2.05) is 0 Å². The highest BCUT2D eigenvalue weighted by atomic mass is 19.1. The number of piperazine rings is 1. The molecule has 0 aliphatic carbocycles. The van der Waals surface area contributed by atoms with Crippen LogP contribution in [0, 0.1) is 5.82 Å². The minimum absolute atomic E-state index is 0.0671. The Hall–Kier alpha value is -1.95. The number of halogens is 1. The molecule has 22 heavy (non-hydrogen) atoms. The molecule has 2 N–H and O–H groups in total. The Morgan fingerprint density at radius 3 is 2.77 bits per heavy atom. The first-order chi connectivity index (χ1) is 10.6. The van der Waals surface area contributed by atoms with Gasteiger partial charge in [0.05, 0.1) is 0 Å². The van der Waals surface area contributed by atoms with Crippen LogP contribution in [0.1, 0.15) is 18.4 Å². The maximum atomic E-state index is 12.8. The molecule has 120 valence electrons. The van der Waals surface area contributed by atoms with E-state index in [0.29, 0.717) is 26.1 Å². The van der Waals surface area contributed by atoms with Crippen molar-refractivity contribution in [3.05, 3.63) is 35.6 Å². The molecular formula is C16H22FN3O2. The van der Waals surface area contributed by atoms with Crippen molar-refractivity contribution >= 4 is 11.8 Å². The third-order valence-electron chi connectivity index (χ3n) is 3.86. The number of carbonyl (C=O) groups excluding carboxylic acids is 2. The first kappa shape index (κ1) is 16.4. The van der Waals surface area contributed by atoms with Gasteiger partial charge in [-0.25, -0.2) is 4.39 Å². The summed E-state index contributed by atoms with van der Waals surface area (Å²) >= 11 is 0. The quantitative estimate of drug-likeness (QED) is 0.841. The van der Waals surface area contributed by atoms with Crippen LogP contribution in [-0.2, 0) is 16.0 Å². The molecule has 2 rings (SSSR count). The number of hydrogen-bond donors (Lipinski definition) is 2. The van der Waals surface area contributed by atoms with Gasteiger partial charge in [-0.3, -0.25) is 9.59 Å². The maximum Gasteiger partial charge on any atom is 0.238 e. The van der Waals surface area contributed by atoms with Gasteiger partial charge in [0, 0.05) is 33.1 Å². The summed E-state index contributed by atoms with van der Waals surface area (Å²) in [5.41, 5.74) is 1.03. The zero-order valence-corrected chi connectivity index (χ0v) is 12.8. The Balaban J connectivity index is 1.77. The van der Waals surface area contributed by atoms with E-state index in [-0.39, 0.29) is 23.7 Å². The van der Waals surface area contributed by atoms with E-state index in [2.05, 4.69) is 10.6 Å².